The van der Waals surface area contributed by atoms with Crippen LogP contribution in [0, 0.1) is 6.92 Å². The summed E-state index contributed by atoms with van der Waals surface area (Å²) in [6, 6.07) is 22.0. The standard InChI is InChI=1S/C26H21NO4S2/c1-17-8-11-20(12-9-17)25(29)31-21-13-10-19(14-22(21)30-2)15-23-24(28)27(26(32)33-23)16-18-6-4-3-5-7-18/h3-15H,16H2,1-2H3/b23-15+. The van der Waals surface area contributed by atoms with Crippen LogP contribution in [-0.2, 0) is 11.3 Å². The van der Waals surface area contributed by atoms with E-state index in [-0.39, 0.29) is 5.91 Å². The minimum Gasteiger partial charge on any atom is -0.493 e. The molecule has 1 saturated heterocycles. The van der Waals surface area contributed by atoms with Crippen molar-refractivity contribution in [1.29, 1.82) is 0 Å². The lowest BCUT2D eigenvalue weighted by Gasteiger charge is -2.14. The Balaban J connectivity index is 1.51. The molecule has 3 aromatic rings. The number of esters is 1. The van der Waals surface area contributed by atoms with E-state index in [0.29, 0.717) is 32.8 Å². The molecule has 5 nitrogen and oxygen atoms in total. The van der Waals surface area contributed by atoms with E-state index in [1.54, 1.807) is 41.3 Å². The second kappa shape index (κ2) is 10.0. The van der Waals surface area contributed by atoms with Gasteiger partial charge in [-0.2, -0.15) is 0 Å². The smallest absolute Gasteiger partial charge is 0.343 e. The van der Waals surface area contributed by atoms with Gasteiger partial charge in [0.25, 0.3) is 5.91 Å². The predicted octanol–water partition coefficient (Wildman–Crippen LogP) is 5.62. The molecule has 1 fully saturated rings. The maximum Gasteiger partial charge on any atom is 0.343 e. The van der Waals surface area contributed by atoms with Crippen LogP contribution in [0.25, 0.3) is 6.08 Å². The number of nitrogens with zero attached hydrogens (tertiary/aromatic N) is 1. The van der Waals surface area contributed by atoms with Gasteiger partial charge in [0.05, 0.1) is 24.1 Å². The zero-order valence-corrected chi connectivity index (χ0v) is 19.7. The lowest BCUT2D eigenvalue weighted by Crippen LogP contribution is -2.27. The van der Waals surface area contributed by atoms with Crippen LogP contribution in [-0.4, -0.2) is 28.2 Å². The van der Waals surface area contributed by atoms with Crippen molar-refractivity contribution in [2.45, 2.75) is 13.5 Å². The molecule has 1 aliphatic heterocycles. The number of carbonyl (C=O) groups excluding carboxylic acids is 2. The highest BCUT2D eigenvalue weighted by molar-refractivity contribution is 8.26. The van der Waals surface area contributed by atoms with Crippen LogP contribution in [0.1, 0.15) is 27.0 Å². The first-order valence-electron chi connectivity index (χ1n) is 10.2. The number of thioether (sulfide) groups is 1. The molecule has 0 bridgehead atoms. The fourth-order valence-electron chi connectivity index (χ4n) is 3.26. The first kappa shape index (κ1) is 22.8. The van der Waals surface area contributed by atoms with Gasteiger partial charge in [0.1, 0.15) is 4.32 Å². The van der Waals surface area contributed by atoms with Crippen LogP contribution in [0.15, 0.2) is 77.7 Å². The van der Waals surface area contributed by atoms with Gasteiger partial charge in [-0.25, -0.2) is 4.79 Å². The van der Waals surface area contributed by atoms with Crippen molar-refractivity contribution < 1.29 is 19.1 Å². The molecule has 0 atom stereocenters. The van der Waals surface area contributed by atoms with Gasteiger partial charge in [0.2, 0.25) is 0 Å². The third-order valence-corrected chi connectivity index (χ3v) is 6.41. The van der Waals surface area contributed by atoms with Crippen LogP contribution < -0.4 is 9.47 Å². The van der Waals surface area contributed by atoms with Crippen molar-refractivity contribution in [3.8, 4) is 11.5 Å². The van der Waals surface area contributed by atoms with E-state index in [2.05, 4.69) is 0 Å². The third kappa shape index (κ3) is 5.32. The Morgan fingerprint density at radius 3 is 2.45 bits per heavy atom. The molecule has 7 heteroatoms. The molecule has 0 unspecified atom stereocenters. The van der Waals surface area contributed by atoms with Crippen LogP contribution >= 0.6 is 24.0 Å². The predicted molar refractivity (Wildman–Crippen MR) is 134 cm³/mol. The third-order valence-electron chi connectivity index (χ3n) is 5.03. The Hall–Kier alpha value is -3.42. The molecule has 0 N–H and O–H groups in total. The molecule has 0 spiro atoms. The van der Waals surface area contributed by atoms with Crippen LogP contribution in [0.2, 0.25) is 0 Å². The number of amides is 1. The molecule has 0 aliphatic carbocycles. The molecule has 4 rings (SSSR count). The summed E-state index contributed by atoms with van der Waals surface area (Å²) in [5, 5.41) is 0. The number of hydrogen-bond donors (Lipinski definition) is 0. The lowest BCUT2D eigenvalue weighted by molar-refractivity contribution is -0.122. The Morgan fingerprint density at radius 1 is 1.03 bits per heavy atom. The molecule has 33 heavy (non-hydrogen) atoms. The summed E-state index contributed by atoms with van der Waals surface area (Å²) in [7, 11) is 1.50. The normalized spacial score (nSPS) is 14.6. The number of thiocarbonyl (C=S) groups is 1. The number of carbonyl (C=O) groups is 2. The van der Waals surface area contributed by atoms with E-state index in [1.807, 2.05) is 49.4 Å². The fraction of sp³-hybridized carbons (Fsp3) is 0.115. The quantitative estimate of drug-likeness (QED) is 0.200. The van der Waals surface area contributed by atoms with E-state index in [9.17, 15) is 9.59 Å². The fourth-order valence-corrected chi connectivity index (χ4v) is 4.52. The maximum atomic E-state index is 12.9. The topological polar surface area (TPSA) is 55.8 Å². The average molecular weight is 476 g/mol. The van der Waals surface area contributed by atoms with Gasteiger partial charge < -0.3 is 9.47 Å². The zero-order chi connectivity index (χ0) is 23.4. The number of ether oxygens (including phenoxy) is 2. The Morgan fingerprint density at radius 2 is 1.76 bits per heavy atom. The minimum absolute atomic E-state index is 0.136. The molecule has 0 radical (unpaired) electrons. The summed E-state index contributed by atoms with van der Waals surface area (Å²) in [5.74, 6) is 0.0892. The monoisotopic (exact) mass is 475 g/mol. The van der Waals surface area contributed by atoms with Crippen LogP contribution in [0.3, 0.4) is 0 Å². The van der Waals surface area contributed by atoms with Crippen molar-refractivity contribution in [3.05, 3.63) is 100.0 Å². The van der Waals surface area contributed by atoms with Crippen molar-refractivity contribution in [3.63, 3.8) is 0 Å². The van der Waals surface area contributed by atoms with E-state index < -0.39 is 5.97 Å². The highest BCUT2D eigenvalue weighted by atomic mass is 32.2. The van der Waals surface area contributed by atoms with Crippen molar-refractivity contribution in [1.82, 2.24) is 4.90 Å². The summed E-state index contributed by atoms with van der Waals surface area (Å²) in [6.07, 6.45) is 1.76. The molecular weight excluding hydrogens is 454 g/mol. The second-order valence-electron chi connectivity index (χ2n) is 7.42. The van der Waals surface area contributed by atoms with Crippen molar-refractivity contribution in [2.75, 3.05) is 7.11 Å². The molecule has 166 valence electrons. The second-order valence-corrected chi connectivity index (χ2v) is 9.10. The molecular formula is C26H21NO4S2. The highest BCUT2D eigenvalue weighted by Crippen LogP contribution is 2.35. The van der Waals surface area contributed by atoms with E-state index in [0.717, 1.165) is 16.7 Å². The highest BCUT2D eigenvalue weighted by Gasteiger charge is 2.32. The van der Waals surface area contributed by atoms with Gasteiger partial charge >= 0.3 is 5.97 Å². The lowest BCUT2D eigenvalue weighted by atomic mass is 10.1. The Kier molecular flexibility index (Phi) is 6.91. The number of benzene rings is 3. The summed E-state index contributed by atoms with van der Waals surface area (Å²) >= 11 is 6.69. The molecule has 1 aliphatic rings. The summed E-state index contributed by atoms with van der Waals surface area (Å²) in [5.41, 5.74) is 3.26. The summed E-state index contributed by atoms with van der Waals surface area (Å²) in [4.78, 5) is 27.5. The molecule has 3 aromatic carbocycles. The maximum absolute atomic E-state index is 12.9. The zero-order valence-electron chi connectivity index (χ0n) is 18.1. The summed E-state index contributed by atoms with van der Waals surface area (Å²) in [6.45, 7) is 2.38. The van der Waals surface area contributed by atoms with Gasteiger partial charge in [-0.05, 0) is 48.4 Å². The van der Waals surface area contributed by atoms with E-state index >= 15 is 0 Å². The van der Waals surface area contributed by atoms with E-state index in [1.165, 1.54) is 18.9 Å². The van der Waals surface area contributed by atoms with Crippen molar-refractivity contribution >= 4 is 46.3 Å². The SMILES string of the molecule is COc1cc(/C=C2/SC(=S)N(Cc3ccccc3)C2=O)ccc1OC(=O)c1ccc(C)cc1. The molecule has 0 aromatic heterocycles. The molecule has 0 saturated carbocycles. The van der Waals surface area contributed by atoms with Gasteiger partial charge in [-0.3, -0.25) is 9.69 Å². The first-order valence-corrected chi connectivity index (χ1v) is 11.4. The van der Waals surface area contributed by atoms with Crippen molar-refractivity contribution in [2.24, 2.45) is 0 Å². The van der Waals surface area contributed by atoms with Crippen LogP contribution in [0.4, 0.5) is 0 Å². The number of hydrogen-bond acceptors (Lipinski definition) is 6. The molecule has 1 heterocycles. The Labute approximate surface area is 202 Å². The van der Waals surface area contributed by atoms with Gasteiger partial charge in [0, 0.05) is 0 Å². The summed E-state index contributed by atoms with van der Waals surface area (Å²) < 4.78 is 11.5. The number of aryl methyl sites for hydroxylation is 1. The van der Waals surface area contributed by atoms with Gasteiger partial charge in [-0.15, -0.1) is 0 Å². The van der Waals surface area contributed by atoms with Gasteiger partial charge in [0.15, 0.2) is 11.5 Å². The Bertz CT molecular complexity index is 1240. The van der Waals surface area contributed by atoms with Crippen LogP contribution in [0.5, 0.6) is 11.5 Å². The number of methoxy groups -OCH3 is 1. The van der Waals surface area contributed by atoms with Gasteiger partial charge in [-0.1, -0.05) is 78.1 Å². The average Bonchev–Trinajstić information content (AvgIpc) is 3.08. The largest absolute Gasteiger partial charge is 0.493 e. The minimum atomic E-state index is -0.470. The number of rotatable bonds is 6. The molecule has 1 amide bonds. The first-order chi connectivity index (χ1) is 15.9. The van der Waals surface area contributed by atoms with E-state index in [4.69, 9.17) is 21.7 Å².